The lowest BCUT2D eigenvalue weighted by Crippen LogP contribution is -2.23. The van der Waals surface area contributed by atoms with E-state index >= 15 is 0 Å². The van der Waals surface area contributed by atoms with Crippen LogP contribution >= 0.6 is 0 Å². The summed E-state index contributed by atoms with van der Waals surface area (Å²) in [6, 6.07) is 0. The summed E-state index contributed by atoms with van der Waals surface area (Å²) in [5.74, 6) is -0.619. The molecule has 0 bridgehead atoms. The van der Waals surface area contributed by atoms with Crippen LogP contribution in [0.1, 0.15) is 201 Å². The third-order valence-corrected chi connectivity index (χ3v) is 10.5. The van der Waals surface area contributed by atoms with Crippen molar-refractivity contribution in [1.29, 1.82) is 0 Å². The number of carbonyl (C=O) groups is 4. The Morgan fingerprint density at radius 1 is 0.548 bits per heavy atom. The zero-order valence-corrected chi connectivity index (χ0v) is 39.4. The molecule has 0 aliphatic carbocycles. The summed E-state index contributed by atoms with van der Waals surface area (Å²) in [6.07, 6.45) is 34.5. The lowest BCUT2D eigenvalue weighted by atomic mass is 9.95. The van der Waals surface area contributed by atoms with Gasteiger partial charge in [0, 0.05) is 38.4 Å². The van der Waals surface area contributed by atoms with Gasteiger partial charge in [0.1, 0.15) is 12.4 Å². The van der Waals surface area contributed by atoms with E-state index in [9.17, 15) is 19.2 Å². The Bertz CT molecular complexity index is 1260. The highest BCUT2D eigenvalue weighted by Crippen LogP contribution is 2.20. The van der Waals surface area contributed by atoms with Crippen molar-refractivity contribution in [2.24, 2.45) is 5.92 Å². The van der Waals surface area contributed by atoms with Gasteiger partial charge in [-0.25, -0.2) is 14.3 Å². The Kier molecular flexibility index (Phi) is 37.8. The number of hydrogen-bond donors (Lipinski definition) is 0. The number of nitrogens with zero attached hydrogens (tertiary/aromatic N) is 2. The van der Waals surface area contributed by atoms with Crippen LogP contribution in [0.5, 0.6) is 0 Å². The molecular weight excluding hydrogens is 789 g/mol. The van der Waals surface area contributed by atoms with Crippen molar-refractivity contribution in [2.75, 3.05) is 33.0 Å². The highest BCUT2D eigenvalue weighted by molar-refractivity contribution is 5.72. The second-order valence-electron chi connectivity index (χ2n) is 16.2. The lowest BCUT2D eigenvalue weighted by Gasteiger charge is -2.19. The van der Waals surface area contributed by atoms with Gasteiger partial charge in [0.25, 0.3) is 0 Å². The molecule has 2 unspecified atom stereocenters. The van der Waals surface area contributed by atoms with E-state index in [1.807, 2.05) is 0 Å². The fourth-order valence-corrected chi connectivity index (χ4v) is 6.81. The molecule has 0 spiro atoms. The Morgan fingerprint density at radius 3 is 1.71 bits per heavy atom. The van der Waals surface area contributed by atoms with Gasteiger partial charge in [-0.2, -0.15) is 0 Å². The number of allylic oxidation sites excluding steroid dienone is 4. The van der Waals surface area contributed by atoms with Crippen molar-refractivity contribution >= 4 is 24.0 Å². The second-order valence-corrected chi connectivity index (χ2v) is 16.2. The van der Waals surface area contributed by atoms with Gasteiger partial charge in [0.2, 0.25) is 0 Å². The molecule has 0 radical (unpaired) electrons. The van der Waals surface area contributed by atoms with Gasteiger partial charge in [-0.1, -0.05) is 103 Å². The van der Waals surface area contributed by atoms with Gasteiger partial charge in [0.05, 0.1) is 32.2 Å². The molecule has 0 aliphatic heterocycles. The van der Waals surface area contributed by atoms with Crippen molar-refractivity contribution in [3.05, 3.63) is 43.0 Å². The van der Waals surface area contributed by atoms with Crippen molar-refractivity contribution < 1.29 is 47.6 Å². The van der Waals surface area contributed by atoms with Gasteiger partial charge < -0.3 is 28.4 Å². The normalized spacial score (nSPS) is 12.6. The lowest BCUT2D eigenvalue weighted by molar-refractivity contribution is -0.159. The standard InChI is InChI=1S/C50H86N2O10/c1-5-9-13-16-19-24-38-59-48(60-39-25-20-17-14-10-6-2)35-34-47(54)58-42-28-32-45(62-50(56)52-37-36-51-43-52)31-27-41-57-46(53)33-23-18-21-26-40-61-49(55)44(29-12-8-4)30-22-15-11-7-3/h9-10,13-14,36-37,43-45,48H,5-8,11-12,15-35,38-42H2,1-4H3/b13-9-,14-10-. The van der Waals surface area contributed by atoms with E-state index in [0.29, 0.717) is 64.8 Å². The second kappa shape index (κ2) is 41.5. The van der Waals surface area contributed by atoms with E-state index in [1.165, 1.54) is 42.6 Å². The van der Waals surface area contributed by atoms with Crippen molar-refractivity contribution in [1.82, 2.24) is 9.55 Å². The first-order chi connectivity index (χ1) is 30.3. The minimum Gasteiger partial charge on any atom is -0.466 e. The van der Waals surface area contributed by atoms with Crippen molar-refractivity contribution in [2.45, 2.75) is 213 Å². The molecule has 1 rings (SSSR count). The fourth-order valence-electron chi connectivity index (χ4n) is 6.81. The smallest absolute Gasteiger partial charge is 0.419 e. The van der Waals surface area contributed by atoms with E-state index in [0.717, 1.165) is 103 Å². The number of esters is 3. The first-order valence-corrected chi connectivity index (χ1v) is 24.5. The maximum Gasteiger partial charge on any atom is 0.419 e. The first kappa shape index (κ1) is 56.5. The SMILES string of the molecule is CC/C=C\CCCCOC(CCC(=O)OCCCC(CCCOC(=O)CCCCCCOC(=O)C(CCCC)CCCCCC)OC(=O)n1ccnc1)OCCCC/C=C\CC. The molecular formula is C50H86N2O10. The fraction of sp³-hybridized carbons (Fsp3) is 0.780. The molecule has 12 nitrogen and oxygen atoms in total. The zero-order valence-electron chi connectivity index (χ0n) is 39.4. The first-order valence-electron chi connectivity index (χ1n) is 24.5. The van der Waals surface area contributed by atoms with Crippen LogP contribution < -0.4 is 0 Å². The van der Waals surface area contributed by atoms with Gasteiger partial charge >= 0.3 is 24.0 Å². The predicted octanol–water partition coefficient (Wildman–Crippen LogP) is 12.6. The minimum atomic E-state index is -0.545. The highest BCUT2D eigenvalue weighted by Gasteiger charge is 2.20. The minimum absolute atomic E-state index is 0.0110. The Balaban J connectivity index is 2.41. The number of aromatic nitrogens is 2. The van der Waals surface area contributed by atoms with Crippen LogP contribution in [0.4, 0.5) is 4.79 Å². The summed E-state index contributed by atoms with van der Waals surface area (Å²) in [6.45, 7) is 10.6. The largest absolute Gasteiger partial charge is 0.466 e. The molecule has 0 aromatic carbocycles. The van der Waals surface area contributed by atoms with Gasteiger partial charge in [-0.05, 0) is 103 Å². The number of hydrogen-bond acceptors (Lipinski definition) is 11. The maximum absolute atomic E-state index is 12.7. The molecule has 1 aromatic heterocycles. The number of carbonyl (C=O) groups excluding carboxylic acids is 4. The molecule has 1 heterocycles. The summed E-state index contributed by atoms with van der Waals surface area (Å²) in [7, 11) is 0. The molecule has 2 atom stereocenters. The van der Waals surface area contributed by atoms with Gasteiger partial charge in [-0.15, -0.1) is 0 Å². The van der Waals surface area contributed by atoms with Gasteiger partial charge in [-0.3, -0.25) is 14.4 Å². The molecule has 0 N–H and O–H groups in total. The van der Waals surface area contributed by atoms with Crippen LogP contribution in [0, 0.1) is 5.92 Å². The molecule has 0 saturated carbocycles. The van der Waals surface area contributed by atoms with E-state index < -0.39 is 18.5 Å². The molecule has 356 valence electrons. The summed E-state index contributed by atoms with van der Waals surface area (Å²) in [4.78, 5) is 54.4. The van der Waals surface area contributed by atoms with E-state index in [4.69, 9.17) is 28.4 Å². The van der Waals surface area contributed by atoms with Crippen LogP contribution in [0.3, 0.4) is 0 Å². The number of rotatable bonds is 42. The Labute approximate surface area is 375 Å². The zero-order chi connectivity index (χ0) is 45.1. The summed E-state index contributed by atoms with van der Waals surface area (Å²) in [5, 5.41) is 0. The summed E-state index contributed by atoms with van der Waals surface area (Å²) in [5.41, 5.74) is 0. The monoisotopic (exact) mass is 875 g/mol. The number of unbranched alkanes of at least 4 members (excludes halogenated alkanes) is 11. The highest BCUT2D eigenvalue weighted by atomic mass is 16.7. The average Bonchev–Trinajstić information content (AvgIpc) is 3.82. The maximum atomic E-state index is 12.7. The molecule has 0 aliphatic rings. The molecule has 1 aromatic rings. The molecule has 0 fully saturated rings. The van der Waals surface area contributed by atoms with Crippen LogP contribution in [0.2, 0.25) is 0 Å². The van der Waals surface area contributed by atoms with Crippen LogP contribution in [0.15, 0.2) is 43.0 Å². The topological polar surface area (TPSA) is 141 Å². The van der Waals surface area contributed by atoms with E-state index in [2.05, 4.69) is 57.0 Å². The third-order valence-electron chi connectivity index (χ3n) is 10.5. The Morgan fingerprint density at radius 2 is 1.11 bits per heavy atom. The number of ether oxygens (including phenoxy) is 6. The van der Waals surface area contributed by atoms with Crippen LogP contribution in [0.25, 0.3) is 0 Å². The van der Waals surface area contributed by atoms with E-state index in [-0.39, 0.29) is 43.5 Å². The molecule has 62 heavy (non-hydrogen) atoms. The molecule has 0 saturated heterocycles. The molecule has 0 amide bonds. The summed E-state index contributed by atoms with van der Waals surface area (Å²) < 4.78 is 35.7. The molecule has 12 heteroatoms. The number of imidazole rings is 1. The quantitative estimate of drug-likeness (QED) is 0.0204. The van der Waals surface area contributed by atoms with Crippen LogP contribution in [-0.2, 0) is 42.8 Å². The van der Waals surface area contributed by atoms with Crippen molar-refractivity contribution in [3.8, 4) is 0 Å². The Hall–Kier alpha value is -3.51. The van der Waals surface area contributed by atoms with E-state index in [1.54, 1.807) is 0 Å². The van der Waals surface area contributed by atoms with Crippen LogP contribution in [-0.4, -0.2) is 79.0 Å². The average molecular weight is 875 g/mol. The van der Waals surface area contributed by atoms with Crippen molar-refractivity contribution in [3.63, 3.8) is 0 Å². The summed E-state index contributed by atoms with van der Waals surface area (Å²) >= 11 is 0. The predicted molar refractivity (Wildman–Crippen MR) is 246 cm³/mol. The third kappa shape index (κ3) is 33.1. The van der Waals surface area contributed by atoms with Gasteiger partial charge in [0.15, 0.2) is 6.29 Å².